The van der Waals surface area contributed by atoms with E-state index in [0.29, 0.717) is 5.92 Å². The topological polar surface area (TPSA) is 32.7 Å². The highest BCUT2D eigenvalue weighted by molar-refractivity contribution is 4.86. The maximum atomic E-state index is 10.2. The third-order valence-electron chi connectivity index (χ3n) is 3.17. The lowest BCUT2D eigenvalue weighted by Crippen LogP contribution is -2.40. The van der Waals surface area contributed by atoms with Crippen molar-refractivity contribution in [2.75, 3.05) is 33.4 Å². The zero-order valence-corrected chi connectivity index (χ0v) is 11.0. The van der Waals surface area contributed by atoms with Gasteiger partial charge in [0.15, 0.2) is 0 Å². The van der Waals surface area contributed by atoms with Crippen LogP contribution >= 0.6 is 0 Å². The number of likely N-dealkylation sites (N-methyl/N-ethyl adjacent to an activating group) is 1. The summed E-state index contributed by atoms with van der Waals surface area (Å²) in [6.45, 7) is 7.62. The van der Waals surface area contributed by atoms with Crippen molar-refractivity contribution in [3.05, 3.63) is 0 Å². The van der Waals surface area contributed by atoms with E-state index in [4.69, 9.17) is 4.74 Å². The van der Waals surface area contributed by atoms with Gasteiger partial charge in [-0.05, 0) is 25.8 Å². The lowest BCUT2D eigenvalue weighted by molar-refractivity contribution is 0.00687. The first-order chi connectivity index (χ1) is 7.52. The van der Waals surface area contributed by atoms with Gasteiger partial charge in [0.2, 0.25) is 0 Å². The summed E-state index contributed by atoms with van der Waals surface area (Å²) in [5, 5.41) is 10.2. The second kappa shape index (κ2) is 6.58. The van der Waals surface area contributed by atoms with E-state index in [-0.39, 0.29) is 0 Å². The highest BCUT2D eigenvalue weighted by atomic mass is 16.5. The van der Waals surface area contributed by atoms with Gasteiger partial charge >= 0.3 is 0 Å². The molecule has 0 amide bonds. The average Bonchev–Trinajstić information content (AvgIpc) is 2.59. The van der Waals surface area contributed by atoms with E-state index < -0.39 is 5.60 Å². The molecule has 0 radical (unpaired) electrons. The smallest absolute Gasteiger partial charge is 0.0774 e. The molecular formula is C13H27NO2. The number of ether oxygens (including phenoxy) is 1. The van der Waals surface area contributed by atoms with Gasteiger partial charge in [0, 0.05) is 19.7 Å². The highest BCUT2D eigenvalue weighted by Gasteiger charge is 2.31. The molecule has 0 aromatic rings. The zero-order chi connectivity index (χ0) is 12.0. The molecule has 0 unspecified atom stereocenters. The fourth-order valence-corrected chi connectivity index (χ4v) is 2.31. The predicted octanol–water partition coefficient (Wildman–Crippen LogP) is 1.90. The van der Waals surface area contributed by atoms with Gasteiger partial charge in [-0.25, -0.2) is 0 Å². The number of hydrogen-bond donors (Lipinski definition) is 1. The summed E-state index contributed by atoms with van der Waals surface area (Å²) in [6.07, 6.45) is 4.27. The molecule has 16 heavy (non-hydrogen) atoms. The van der Waals surface area contributed by atoms with Crippen molar-refractivity contribution in [2.45, 2.75) is 45.1 Å². The summed E-state index contributed by atoms with van der Waals surface area (Å²) in [4.78, 5) is 2.19. The van der Waals surface area contributed by atoms with Gasteiger partial charge in [-0.2, -0.15) is 0 Å². The summed E-state index contributed by atoms with van der Waals surface area (Å²) in [7, 11) is 2.06. The Labute approximate surface area is 99.8 Å². The summed E-state index contributed by atoms with van der Waals surface area (Å²) >= 11 is 0. The molecule has 1 fully saturated rings. The van der Waals surface area contributed by atoms with Gasteiger partial charge in [-0.1, -0.05) is 26.7 Å². The van der Waals surface area contributed by atoms with Crippen LogP contribution < -0.4 is 0 Å². The summed E-state index contributed by atoms with van der Waals surface area (Å²) in [5.74, 6) is 0.601. The Morgan fingerprint density at radius 1 is 1.31 bits per heavy atom. The summed E-state index contributed by atoms with van der Waals surface area (Å²) in [5.41, 5.74) is -0.424. The van der Waals surface area contributed by atoms with Crippen molar-refractivity contribution >= 4 is 0 Å². The van der Waals surface area contributed by atoms with E-state index >= 15 is 0 Å². The Morgan fingerprint density at radius 3 is 2.50 bits per heavy atom. The molecule has 0 aromatic heterocycles. The highest BCUT2D eigenvalue weighted by Crippen LogP contribution is 2.29. The molecule has 0 aliphatic heterocycles. The fraction of sp³-hybridized carbons (Fsp3) is 1.00. The van der Waals surface area contributed by atoms with Gasteiger partial charge in [-0.3, -0.25) is 0 Å². The molecule has 1 rings (SSSR count). The molecule has 1 aliphatic rings. The molecule has 0 saturated heterocycles. The quantitative estimate of drug-likeness (QED) is 0.677. The average molecular weight is 229 g/mol. The SMILES string of the molecule is CC(C)COCCN(C)CC1(O)CCCC1. The van der Waals surface area contributed by atoms with Gasteiger partial charge in [0.05, 0.1) is 12.2 Å². The van der Waals surface area contributed by atoms with Crippen molar-refractivity contribution in [1.82, 2.24) is 4.90 Å². The second-order valence-corrected chi connectivity index (χ2v) is 5.64. The molecule has 1 saturated carbocycles. The molecule has 1 N–H and O–H groups in total. The Morgan fingerprint density at radius 2 is 1.94 bits per heavy atom. The van der Waals surface area contributed by atoms with E-state index in [1.807, 2.05) is 0 Å². The van der Waals surface area contributed by atoms with Crippen molar-refractivity contribution in [2.24, 2.45) is 5.92 Å². The Bertz CT molecular complexity index is 188. The van der Waals surface area contributed by atoms with Crippen molar-refractivity contribution < 1.29 is 9.84 Å². The van der Waals surface area contributed by atoms with E-state index in [0.717, 1.165) is 39.1 Å². The van der Waals surface area contributed by atoms with Gasteiger partial charge < -0.3 is 14.7 Å². The van der Waals surface area contributed by atoms with E-state index in [1.54, 1.807) is 0 Å². The molecule has 0 spiro atoms. The zero-order valence-electron chi connectivity index (χ0n) is 11.0. The van der Waals surface area contributed by atoms with Crippen molar-refractivity contribution in [3.63, 3.8) is 0 Å². The van der Waals surface area contributed by atoms with Crippen LogP contribution in [0.1, 0.15) is 39.5 Å². The molecule has 0 bridgehead atoms. The minimum atomic E-state index is -0.424. The van der Waals surface area contributed by atoms with Crippen LogP contribution in [0.4, 0.5) is 0 Å². The number of aliphatic hydroxyl groups is 1. The van der Waals surface area contributed by atoms with Crippen LogP contribution in [0.5, 0.6) is 0 Å². The third-order valence-corrected chi connectivity index (χ3v) is 3.17. The standard InChI is InChI=1S/C13H27NO2/c1-12(2)10-16-9-8-14(3)11-13(15)6-4-5-7-13/h12,15H,4-11H2,1-3H3. The number of hydrogen-bond acceptors (Lipinski definition) is 3. The van der Waals surface area contributed by atoms with Crippen LogP contribution in [0.15, 0.2) is 0 Å². The van der Waals surface area contributed by atoms with Crippen molar-refractivity contribution in [1.29, 1.82) is 0 Å². The first-order valence-corrected chi connectivity index (χ1v) is 6.50. The number of nitrogens with zero attached hydrogens (tertiary/aromatic N) is 1. The van der Waals surface area contributed by atoms with Gasteiger partial charge in [0.25, 0.3) is 0 Å². The maximum absolute atomic E-state index is 10.2. The Balaban J connectivity index is 2.08. The van der Waals surface area contributed by atoms with Gasteiger partial charge in [0.1, 0.15) is 0 Å². The molecule has 3 heteroatoms. The molecular weight excluding hydrogens is 202 g/mol. The van der Waals surface area contributed by atoms with Crippen LogP contribution in [0, 0.1) is 5.92 Å². The van der Waals surface area contributed by atoms with Crippen LogP contribution in [-0.2, 0) is 4.74 Å². The third kappa shape index (κ3) is 5.28. The molecule has 0 aromatic carbocycles. The first kappa shape index (κ1) is 13.9. The number of rotatable bonds is 7. The van der Waals surface area contributed by atoms with Crippen LogP contribution in [0.3, 0.4) is 0 Å². The van der Waals surface area contributed by atoms with Gasteiger partial charge in [-0.15, -0.1) is 0 Å². The lowest BCUT2D eigenvalue weighted by Gasteiger charge is -2.28. The monoisotopic (exact) mass is 229 g/mol. The molecule has 96 valence electrons. The largest absolute Gasteiger partial charge is 0.389 e. The Kier molecular flexibility index (Phi) is 5.73. The lowest BCUT2D eigenvalue weighted by atomic mass is 10.0. The minimum Gasteiger partial charge on any atom is -0.389 e. The van der Waals surface area contributed by atoms with E-state index in [2.05, 4.69) is 25.8 Å². The summed E-state index contributed by atoms with van der Waals surface area (Å²) in [6, 6.07) is 0. The predicted molar refractivity (Wildman–Crippen MR) is 66.6 cm³/mol. The molecule has 3 nitrogen and oxygen atoms in total. The fourth-order valence-electron chi connectivity index (χ4n) is 2.31. The normalized spacial score (nSPS) is 19.9. The second-order valence-electron chi connectivity index (χ2n) is 5.64. The Hall–Kier alpha value is -0.120. The van der Waals surface area contributed by atoms with Crippen molar-refractivity contribution in [3.8, 4) is 0 Å². The maximum Gasteiger partial charge on any atom is 0.0774 e. The van der Waals surface area contributed by atoms with Crippen LogP contribution in [-0.4, -0.2) is 49.0 Å². The van der Waals surface area contributed by atoms with E-state index in [9.17, 15) is 5.11 Å². The first-order valence-electron chi connectivity index (χ1n) is 6.50. The van der Waals surface area contributed by atoms with E-state index in [1.165, 1.54) is 12.8 Å². The molecule has 1 aliphatic carbocycles. The van der Waals surface area contributed by atoms with Crippen LogP contribution in [0.25, 0.3) is 0 Å². The summed E-state index contributed by atoms with van der Waals surface area (Å²) < 4.78 is 5.54. The molecule has 0 atom stereocenters. The van der Waals surface area contributed by atoms with Crippen LogP contribution in [0.2, 0.25) is 0 Å². The minimum absolute atomic E-state index is 0.424. The molecule has 0 heterocycles.